The lowest BCUT2D eigenvalue weighted by Crippen LogP contribution is -2.51. The first-order valence-electron chi connectivity index (χ1n) is 9.48. The number of esters is 1. The van der Waals surface area contributed by atoms with Crippen LogP contribution >= 0.6 is 11.8 Å². The maximum absolute atomic E-state index is 12.9. The van der Waals surface area contributed by atoms with Crippen LogP contribution in [-0.2, 0) is 9.53 Å². The van der Waals surface area contributed by atoms with E-state index in [9.17, 15) is 9.59 Å². The van der Waals surface area contributed by atoms with Crippen molar-refractivity contribution in [1.82, 2.24) is 15.1 Å². The average molecular weight is 390 g/mol. The van der Waals surface area contributed by atoms with E-state index in [0.717, 1.165) is 35.9 Å². The molecule has 0 radical (unpaired) electrons. The van der Waals surface area contributed by atoms with Gasteiger partial charge >= 0.3 is 12.0 Å². The number of benzene rings is 1. The lowest BCUT2D eigenvalue weighted by molar-refractivity contribution is -0.139. The first kappa shape index (κ1) is 19.8. The predicted molar refractivity (Wildman–Crippen MR) is 108 cm³/mol. The average Bonchev–Trinajstić information content (AvgIpc) is 2.69. The minimum absolute atomic E-state index is 0.166. The van der Waals surface area contributed by atoms with Gasteiger partial charge in [-0.05, 0) is 19.4 Å². The largest absolute Gasteiger partial charge is 0.463 e. The number of ether oxygens (including phenoxy) is 1. The molecule has 2 aliphatic rings. The summed E-state index contributed by atoms with van der Waals surface area (Å²) >= 11 is 1.94. The number of nitrogens with zero attached hydrogens (tertiary/aromatic N) is 2. The fourth-order valence-corrected chi connectivity index (χ4v) is 4.50. The van der Waals surface area contributed by atoms with E-state index in [0.29, 0.717) is 25.3 Å². The van der Waals surface area contributed by atoms with Crippen molar-refractivity contribution >= 4 is 23.8 Å². The molecule has 0 saturated carbocycles. The molecule has 2 aliphatic heterocycles. The highest BCUT2D eigenvalue weighted by Crippen LogP contribution is 2.32. The standard InChI is InChI=1S/C20H27N3O3S/c1-3-23-16(14-22-10-12-27-13-11-22)17(19(24)26-4-2)18(21-20(23)25)15-8-6-5-7-9-15/h5-9,18H,3-4,10-14H2,1-2H3,(H,21,25). The van der Waals surface area contributed by atoms with Crippen LogP contribution in [0.25, 0.3) is 0 Å². The summed E-state index contributed by atoms with van der Waals surface area (Å²) in [5.74, 6) is 1.79. The Morgan fingerprint density at radius 1 is 1.22 bits per heavy atom. The lowest BCUT2D eigenvalue weighted by atomic mass is 9.94. The Morgan fingerprint density at radius 3 is 2.56 bits per heavy atom. The molecule has 0 bridgehead atoms. The van der Waals surface area contributed by atoms with Gasteiger partial charge in [-0.15, -0.1) is 0 Å². The number of likely N-dealkylation sites (N-methyl/N-ethyl adjacent to an activating group) is 1. The molecule has 7 heteroatoms. The van der Waals surface area contributed by atoms with Gasteiger partial charge in [0.1, 0.15) is 0 Å². The third-order valence-corrected chi connectivity index (χ3v) is 5.80. The smallest absolute Gasteiger partial charge is 0.338 e. The van der Waals surface area contributed by atoms with Crippen molar-refractivity contribution in [1.29, 1.82) is 0 Å². The van der Waals surface area contributed by atoms with Crippen LogP contribution in [0.1, 0.15) is 25.5 Å². The van der Waals surface area contributed by atoms with E-state index in [1.165, 1.54) is 0 Å². The topological polar surface area (TPSA) is 61.9 Å². The molecule has 1 N–H and O–H groups in total. The second-order valence-electron chi connectivity index (χ2n) is 6.51. The van der Waals surface area contributed by atoms with E-state index in [4.69, 9.17) is 4.74 Å². The zero-order valence-corrected chi connectivity index (χ0v) is 16.8. The first-order chi connectivity index (χ1) is 13.2. The van der Waals surface area contributed by atoms with Crippen molar-refractivity contribution in [3.05, 3.63) is 47.2 Å². The number of carbonyl (C=O) groups is 2. The van der Waals surface area contributed by atoms with Crippen molar-refractivity contribution in [3.8, 4) is 0 Å². The Kier molecular flexibility index (Phi) is 6.79. The van der Waals surface area contributed by atoms with Gasteiger partial charge in [-0.2, -0.15) is 11.8 Å². The molecule has 0 aliphatic carbocycles. The number of amides is 2. The third-order valence-electron chi connectivity index (χ3n) is 4.86. The fraction of sp³-hybridized carbons (Fsp3) is 0.500. The zero-order chi connectivity index (χ0) is 19.2. The molecule has 146 valence electrons. The molecule has 1 fully saturated rings. The van der Waals surface area contributed by atoms with E-state index in [1.54, 1.807) is 11.8 Å². The maximum Gasteiger partial charge on any atom is 0.338 e. The third kappa shape index (κ3) is 4.47. The van der Waals surface area contributed by atoms with Crippen molar-refractivity contribution in [2.24, 2.45) is 0 Å². The van der Waals surface area contributed by atoms with Gasteiger partial charge in [-0.25, -0.2) is 9.59 Å². The molecule has 1 atom stereocenters. The van der Waals surface area contributed by atoms with Crippen molar-refractivity contribution in [3.63, 3.8) is 0 Å². The summed E-state index contributed by atoms with van der Waals surface area (Å²) < 4.78 is 5.38. The fourth-order valence-electron chi connectivity index (χ4n) is 3.52. The molecule has 27 heavy (non-hydrogen) atoms. The van der Waals surface area contributed by atoms with Gasteiger partial charge < -0.3 is 10.1 Å². The number of carbonyl (C=O) groups excluding carboxylic acids is 2. The Morgan fingerprint density at radius 2 is 1.93 bits per heavy atom. The quantitative estimate of drug-likeness (QED) is 0.758. The molecule has 0 aromatic heterocycles. The highest BCUT2D eigenvalue weighted by molar-refractivity contribution is 7.99. The molecule has 1 unspecified atom stereocenters. The summed E-state index contributed by atoms with van der Waals surface area (Å²) in [6.07, 6.45) is 0. The first-order valence-corrected chi connectivity index (χ1v) is 10.6. The summed E-state index contributed by atoms with van der Waals surface area (Å²) in [6, 6.07) is 8.96. The normalized spacial score (nSPS) is 21.2. The Balaban J connectivity index is 2.05. The Bertz CT molecular complexity index is 702. The summed E-state index contributed by atoms with van der Waals surface area (Å²) in [5.41, 5.74) is 2.19. The summed E-state index contributed by atoms with van der Waals surface area (Å²) in [7, 11) is 0. The molecule has 2 heterocycles. The van der Waals surface area contributed by atoms with E-state index in [2.05, 4.69) is 10.2 Å². The lowest BCUT2D eigenvalue weighted by Gasteiger charge is -2.38. The second-order valence-corrected chi connectivity index (χ2v) is 7.73. The van der Waals surface area contributed by atoms with E-state index >= 15 is 0 Å². The molecule has 6 nitrogen and oxygen atoms in total. The molecule has 2 amide bonds. The van der Waals surface area contributed by atoms with Crippen LogP contribution in [-0.4, -0.2) is 66.1 Å². The maximum atomic E-state index is 12.9. The van der Waals surface area contributed by atoms with Gasteiger partial charge in [-0.3, -0.25) is 9.80 Å². The second kappa shape index (κ2) is 9.28. The Hall–Kier alpha value is -1.99. The predicted octanol–water partition coefficient (Wildman–Crippen LogP) is 2.64. The summed E-state index contributed by atoms with van der Waals surface area (Å²) in [5, 5.41) is 3.00. The minimum Gasteiger partial charge on any atom is -0.463 e. The Labute approximate surface area is 164 Å². The number of hydrogen-bond acceptors (Lipinski definition) is 5. The number of nitrogens with one attached hydrogen (secondary N) is 1. The van der Waals surface area contributed by atoms with E-state index in [1.807, 2.05) is 49.0 Å². The van der Waals surface area contributed by atoms with E-state index in [-0.39, 0.29) is 12.0 Å². The number of urea groups is 1. The van der Waals surface area contributed by atoms with Gasteiger partial charge in [-0.1, -0.05) is 30.3 Å². The number of thioether (sulfide) groups is 1. The van der Waals surface area contributed by atoms with Gasteiger partial charge in [0.15, 0.2) is 0 Å². The molecular weight excluding hydrogens is 362 g/mol. The van der Waals surface area contributed by atoms with Gasteiger partial charge in [0, 0.05) is 43.4 Å². The van der Waals surface area contributed by atoms with Gasteiger partial charge in [0.25, 0.3) is 0 Å². The van der Waals surface area contributed by atoms with Crippen molar-refractivity contribution in [2.45, 2.75) is 19.9 Å². The molecule has 1 aromatic rings. The van der Waals surface area contributed by atoms with Crippen LogP contribution in [0.15, 0.2) is 41.6 Å². The molecule has 3 rings (SSSR count). The van der Waals surface area contributed by atoms with Crippen LogP contribution in [0.2, 0.25) is 0 Å². The van der Waals surface area contributed by atoms with Gasteiger partial charge in [0.2, 0.25) is 0 Å². The van der Waals surface area contributed by atoms with Crippen LogP contribution in [0.5, 0.6) is 0 Å². The number of hydrogen-bond donors (Lipinski definition) is 1. The molecule has 1 aromatic carbocycles. The number of rotatable bonds is 6. The van der Waals surface area contributed by atoms with Crippen molar-refractivity contribution in [2.75, 3.05) is 44.3 Å². The molecule has 1 saturated heterocycles. The minimum atomic E-state index is -0.491. The SMILES string of the molecule is CCOC(=O)C1=C(CN2CCSCC2)N(CC)C(=O)NC1c1ccccc1. The van der Waals surface area contributed by atoms with Crippen LogP contribution in [0.3, 0.4) is 0 Å². The molecular formula is C20H27N3O3S. The van der Waals surface area contributed by atoms with Gasteiger partial charge in [0.05, 0.1) is 18.2 Å². The zero-order valence-electron chi connectivity index (χ0n) is 15.9. The van der Waals surface area contributed by atoms with Crippen LogP contribution in [0.4, 0.5) is 4.79 Å². The van der Waals surface area contributed by atoms with Crippen molar-refractivity contribution < 1.29 is 14.3 Å². The highest BCUT2D eigenvalue weighted by Gasteiger charge is 2.38. The van der Waals surface area contributed by atoms with Crippen LogP contribution in [0, 0.1) is 0 Å². The van der Waals surface area contributed by atoms with Crippen LogP contribution < -0.4 is 5.32 Å². The summed E-state index contributed by atoms with van der Waals surface area (Å²) in [6.45, 7) is 7.04. The monoisotopic (exact) mass is 389 g/mol. The highest BCUT2D eigenvalue weighted by atomic mass is 32.2. The van der Waals surface area contributed by atoms with E-state index < -0.39 is 6.04 Å². The summed E-state index contributed by atoms with van der Waals surface area (Å²) in [4.78, 5) is 29.7. The molecule has 0 spiro atoms.